The van der Waals surface area contributed by atoms with E-state index in [1.54, 1.807) is 0 Å². The van der Waals surface area contributed by atoms with E-state index in [1.165, 1.54) is 18.6 Å². The number of thioether (sulfide) groups is 1. The van der Waals surface area contributed by atoms with Crippen LogP contribution in [0.1, 0.15) is 45.3 Å². The number of nitrogens with zero attached hydrogens (tertiary/aromatic N) is 2. The zero-order valence-electron chi connectivity index (χ0n) is 11.3. The quantitative estimate of drug-likeness (QED) is 0.891. The molecule has 0 amide bonds. The maximum Gasteiger partial charge on any atom is 0.203 e. The molecule has 0 bridgehead atoms. The van der Waals surface area contributed by atoms with Gasteiger partial charge >= 0.3 is 0 Å². The molecule has 1 aliphatic rings. The van der Waals surface area contributed by atoms with Crippen molar-refractivity contribution in [3.05, 3.63) is 11.9 Å². The Bertz CT molecular complexity index is 378. The molecule has 17 heavy (non-hydrogen) atoms. The van der Waals surface area contributed by atoms with Crippen molar-refractivity contribution in [2.24, 2.45) is 0 Å². The van der Waals surface area contributed by atoms with E-state index in [4.69, 9.17) is 0 Å². The molecule has 1 N–H and O–H groups in total. The lowest BCUT2D eigenvalue weighted by molar-refractivity contribution is 0.591. The molecule has 2 rings (SSSR count). The molecule has 1 aliphatic heterocycles. The van der Waals surface area contributed by atoms with E-state index >= 15 is 0 Å². The van der Waals surface area contributed by atoms with Crippen LogP contribution in [0.15, 0.2) is 6.20 Å². The molecule has 1 fully saturated rings. The van der Waals surface area contributed by atoms with Crippen LogP contribution in [0.3, 0.4) is 0 Å². The summed E-state index contributed by atoms with van der Waals surface area (Å²) in [5.41, 5.74) is 1.09. The first kappa shape index (κ1) is 12.8. The molecule has 96 valence electrons. The molecule has 1 aromatic rings. The van der Waals surface area contributed by atoms with Gasteiger partial charge in [-0.1, -0.05) is 0 Å². The molecule has 3 nitrogen and oxygen atoms in total. The van der Waals surface area contributed by atoms with E-state index in [0.29, 0.717) is 10.8 Å². The van der Waals surface area contributed by atoms with Crippen molar-refractivity contribution in [3.63, 3.8) is 0 Å². The lowest BCUT2D eigenvalue weighted by Crippen LogP contribution is -2.28. The topological polar surface area (TPSA) is 29.9 Å². The fourth-order valence-electron chi connectivity index (χ4n) is 2.28. The first-order valence-electron chi connectivity index (χ1n) is 6.43. The second kappa shape index (κ2) is 4.92. The van der Waals surface area contributed by atoms with Crippen molar-refractivity contribution in [1.29, 1.82) is 0 Å². The third-order valence-corrected chi connectivity index (χ3v) is 4.87. The van der Waals surface area contributed by atoms with E-state index in [9.17, 15) is 0 Å². The fraction of sp³-hybridized carbons (Fsp3) is 0.769. The highest BCUT2D eigenvalue weighted by Crippen LogP contribution is 2.37. The normalized spacial score (nSPS) is 24.5. The maximum absolute atomic E-state index is 4.57. The average molecular weight is 253 g/mol. The largest absolute Gasteiger partial charge is 0.354 e. The number of hydrogen-bond donors (Lipinski definition) is 1. The summed E-state index contributed by atoms with van der Waals surface area (Å²) in [4.78, 5) is 4.57. The average Bonchev–Trinajstić information content (AvgIpc) is 2.83. The second-order valence-corrected chi connectivity index (χ2v) is 7.14. The molecule has 0 aliphatic carbocycles. The number of imidazole rings is 1. The number of aryl methyl sites for hydroxylation is 1. The molecule has 0 spiro atoms. The van der Waals surface area contributed by atoms with Gasteiger partial charge in [0, 0.05) is 23.5 Å². The molecule has 0 radical (unpaired) electrons. The Kier molecular flexibility index (Phi) is 3.71. The molecule has 0 saturated carbocycles. The fourth-order valence-corrected chi connectivity index (χ4v) is 3.53. The zero-order valence-corrected chi connectivity index (χ0v) is 12.1. The maximum atomic E-state index is 4.57. The molecule has 4 heteroatoms. The monoisotopic (exact) mass is 253 g/mol. The molecule has 1 aromatic heterocycles. The minimum atomic E-state index is 0.391. The molecule has 1 saturated heterocycles. The summed E-state index contributed by atoms with van der Waals surface area (Å²) >= 11 is 2.09. The highest BCUT2D eigenvalue weighted by atomic mass is 32.2. The highest BCUT2D eigenvalue weighted by Gasteiger charge is 2.29. The van der Waals surface area contributed by atoms with Gasteiger partial charge in [0.15, 0.2) is 0 Å². The second-order valence-electron chi connectivity index (χ2n) is 5.46. The van der Waals surface area contributed by atoms with E-state index in [1.807, 2.05) is 0 Å². The van der Waals surface area contributed by atoms with Crippen molar-refractivity contribution >= 4 is 17.7 Å². The van der Waals surface area contributed by atoms with Crippen molar-refractivity contribution < 1.29 is 0 Å². The first-order valence-corrected chi connectivity index (χ1v) is 7.42. The van der Waals surface area contributed by atoms with Crippen molar-refractivity contribution in [3.8, 4) is 0 Å². The Morgan fingerprint density at radius 2 is 2.35 bits per heavy atom. The summed E-state index contributed by atoms with van der Waals surface area (Å²) in [6, 6.07) is 0.461. The van der Waals surface area contributed by atoms with Crippen LogP contribution in [-0.2, 0) is 0 Å². The van der Waals surface area contributed by atoms with Crippen LogP contribution in [-0.4, -0.2) is 26.6 Å². The zero-order chi connectivity index (χ0) is 12.5. The Hall–Kier alpha value is -0.640. The van der Waals surface area contributed by atoms with Crippen LogP contribution in [0.25, 0.3) is 0 Å². The van der Waals surface area contributed by atoms with Gasteiger partial charge in [0.05, 0.1) is 5.69 Å². The van der Waals surface area contributed by atoms with Gasteiger partial charge in [0.25, 0.3) is 0 Å². The van der Waals surface area contributed by atoms with E-state index < -0.39 is 0 Å². The van der Waals surface area contributed by atoms with E-state index in [0.717, 1.165) is 18.2 Å². The minimum Gasteiger partial charge on any atom is -0.354 e. The lowest BCUT2D eigenvalue weighted by Gasteiger charge is -2.24. The van der Waals surface area contributed by atoms with Gasteiger partial charge in [-0.3, -0.25) is 0 Å². The first-order chi connectivity index (χ1) is 8.00. The molecule has 1 unspecified atom stereocenters. The van der Waals surface area contributed by atoms with Gasteiger partial charge in [-0.15, -0.1) is 0 Å². The van der Waals surface area contributed by atoms with Crippen LogP contribution >= 0.6 is 11.8 Å². The summed E-state index contributed by atoms with van der Waals surface area (Å²) in [6.07, 6.45) is 4.78. The van der Waals surface area contributed by atoms with E-state index in [2.05, 4.69) is 60.5 Å². The molecule has 2 heterocycles. The van der Waals surface area contributed by atoms with Crippen LogP contribution < -0.4 is 5.32 Å². The SMILES string of the molecule is Cc1cn(C(C)C)c(NCC2(C)CCCS2)n1. The van der Waals surface area contributed by atoms with Crippen molar-refractivity contribution in [2.45, 2.75) is 51.3 Å². The standard InChI is InChI=1S/C13H23N3S/c1-10(2)16-8-11(3)15-12(16)14-9-13(4)6-5-7-17-13/h8,10H,5-7,9H2,1-4H3,(H,14,15). The van der Waals surface area contributed by atoms with Gasteiger partial charge in [-0.2, -0.15) is 11.8 Å². The van der Waals surface area contributed by atoms with E-state index in [-0.39, 0.29) is 0 Å². The van der Waals surface area contributed by atoms with Gasteiger partial charge in [0.2, 0.25) is 5.95 Å². The van der Waals surface area contributed by atoms with Gasteiger partial charge < -0.3 is 9.88 Å². The smallest absolute Gasteiger partial charge is 0.203 e. The van der Waals surface area contributed by atoms with Crippen LogP contribution in [0.2, 0.25) is 0 Å². The summed E-state index contributed by atoms with van der Waals surface area (Å²) in [5.74, 6) is 2.32. The lowest BCUT2D eigenvalue weighted by atomic mass is 10.1. The van der Waals surface area contributed by atoms with Crippen LogP contribution in [0, 0.1) is 6.92 Å². The predicted molar refractivity (Wildman–Crippen MR) is 75.9 cm³/mol. The predicted octanol–water partition coefficient (Wildman–Crippen LogP) is 3.47. The Morgan fingerprint density at radius 3 is 2.94 bits per heavy atom. The van der Waals surface area contributed by atoms with Gasteiger partial charge in [0.1, 0.15) is 0 Å². The van der Waals surface area contributed by atoms with Gasteiger partial charge in [-0.05, 0) is 46.3 Å². The third kappa shape index (κ3) is 2.97. The van der Waals surface area contributed by atoms with Crippen LogP contribution in [0.4, 0.5) is 5.95 Å². The number of rotatable bonds is 4. The summed E-state index contributed by atoms with van der Waals surface area (Å²) in [7, 11) is 0. The minimum absolute atomic E-state index is 0.391. The number of hydrogen-bond acceptors (Lipinski definition) is 3. The summed E-state index contributed by atoms with van der Waals surface area (Å²) in [6.45, 7) is 9.81. The van der Waals surface area contributed by atoms with Crippen molar-refractivity contribution in [2.75, 3.05) is 17.6 Å². The Labute approximate surface area is 108 Å². The third-order valence-electron chi connectivity index (χ3n) is 3.33. The van der Waals surface area contributed by atoms with Crippen molar-refractivity contribution in [1.82, 2.24) is 9.55 Å². The molecular weight excluding hydrogens is 230 g/mol. The molecule has 0 aromatic carbocycles. The van der Waals surface area contributed by atoms with Gasteiger partial charge in [-0.25, -0.2) is 4.98 Å². The number of nitrogens with one attached hydrogen (secondary N) is 1. The summed E-state index contributed by atoms with van der Waals surface area (Å²) in [5, 5.41) is 3.53. The Balaban J connectivity index is 2.03. The molecular formula is C13H23N3S. The Morgan fingerprint density at radius 1 is 1.59 bits per heavy atom. The number of aromatic nitrogens is 2. The highest BCUT2D eigenvalue weighted by molar-refractivity contribution is 8.00. The molecule has 1 atom stereocenters. The number of anilines is 1. The summed E-state index contributed by atoms with van der Waals surface area (Å²) < 4.78 is 2.61. The van der Waals surface area contributed by atoms with Crippen LogP contribution in [0.5, 0.6) is 0 Å².